The number of hydrogen-bond acceptors (Lipinski definition) is 2. The minimum atomic E-state index is -0.688. The number of amides is 1. The van der Waals surface area contributed by atoms with Crippen molar-refractivity contribution < 1.29 is 9.90 Å². The summed E-state index contributed by atoms with van der Waals surface area (Å²) in [5.74, 6) is -0.0407. The molecule has 104 valence electrons. The smallest absolute Gasteiger partial charge is 0.253 e. The molecule has 1 amide bonds. The molecule has 1 aromatic rings. The van der Waals surface area contributed by atoms with Crippen LogP contribution in [-0.2, 0) is 0 Å². The summed E-state index contributed by atoms with van der Waals surface area (Å²) in [7, 11) is 1.76. The first-order valence-corrected chi connectivity index (χ1v) is 7.45. The van der Waals surface area contributed by atoms with Gasteiger partial charge in [-0.2, -0.15) is 0 Å². The molecule has 4 heteroatoms. The van der Waals surface area contributed by atoms with Crippen molar-refractivity contribution in [2.24, 2.45) is 0 Å². The van der Waals surface area contributed by atoms with Gasteiger partial charge in [-0.25, -0.2) is 0 Å². The number of hydrogen-bond donors (Lipinski definition) is 1. The molecule has 19 heavy (non-hydrogen) atoms. The van der Waals surface area contributed by atoms with Crippen LogP contribution < -0.4 is 0 Å². The summed E-state index contributed by atoms with van der Waals surface area (Å²) in [5, 5.41) is 10.4. The van der Waals surface area contributed by atoms with Crippen LogP contribution in [0.1, 0.15) is 41.6 Å². The molecule has 0 unspecified atom stereocenters. The van der Waals surface area contributed by atoms with Crippen LogP contribution in [0.25, 0.3) is 0 Å². The maximum absolute atomic E-state index is 12.3. The Labute approximate surface area is 122 Å². The van der Waals surface area contributed by atoms with E-state index in [0.29, 0.717) is 12.1 Å². The molecule has 0 aliphatic heterocycles. The van der Waals surface area contributed by atoms with Crippen LogP contribution in [0.5, 0.6) is 0 Å². The van der Waals surface area contributed by atoms with E-state index in [1.54, 1.807) is 11.9 Å². The molecule has 1 saturated carbocycles. The standard InChI is InChI=1S/C15H20BrNO2/c1-11-5-6-12(9-13(11)16)14(18)17(2)10-15(19)7-3-4-8-15/h5-6,9,19H,3-4,7-8,10H2,1-2H3. The zero-order valence-electron chi connectivity index (χ0n) is 11.4. The molecule has 0 bridgehead atoms. The van der Waals surface area contributed by atoms with Crippen molar-refractivity contribution in [1.29, 1.82) is 0 Å². The molecule has 0 heterocycles. The molecular weight excluding hydrogens is 306 g/mol. The Balaban J connectivity index is 2.08. The lowest BCUT2D eigenvalue weighted by atomic mass is 10.0. The van der Waals surface area contributed by atoms with Crippen LogP contribution in [0.4, 0.5) is 0 Å². The van der Waals surface area contributed by atoms with Crippen molar-refractivity contribution >= 4 is 21.8 Å². The number of carbonyl (C=O) groups is 1. The number of aryl methyl sites for hydroxylation is 1. The van der Waals surface area contributed by atoms with E-state index < -0.39 is 5.60 Å². The zero-order valence-corrected chi connectivity index (χ0v) is 13.0. The molecule has 0 saturated heterocycles. The van der Waals surface area contributed by atoms with E-state index in [0.717, 1.165) is 35.7 Å². The first-order chi connectivity index (χ1) is 8.91. The van der Waals surface area contributed by atoms with Gasteiger partial charge in [0, 0.05) is 23.6 Å². The SMILES string of the molecule is Cc1ccc(C(=O)N(C)CC2(O)CCCC2)cc1Br. The van der Waals surface area contributed by atoms with Gasteiger partial charge >= 0.3 is 0 Å². The molecule has 3 nitrogen and oxygen atoms in total. The van der Waals surface area contributed by atoms with Gasteiger partial charge in [0.2, 0.25) is 0 Å². The number of rotatable bonds is 3. The second-order valence-electron chi connectivity index (χ2n) is 5.56. The summed E-state index contributed by atoms with van der Waals surface area (Å²) >= 11 is 3.44. The second-order valence-corrected chi connectivity index (χ2v) is 6.41. The summed E-state index contributed by atoms with van der Waals surface area (Å²) in [6, 6.07) is 5.60. The van der Waals surface area contributed by atoms with Gasteiger partial charge in [0.25, 0.3) is 5.91 Å². The lowest BCUT2D eigenvalue weighted by molar-refractivity contribution is 0.0157. The summed E-state index contributed by atoms with van der Waals surface area (Å²) in [6.45, 7) is 2.40. The minimum Gasteiger partial charge on any atom is -0.388 e. The monoisotopic (exact) mass is 325 g/mol. The van der Waals surface area contributed by atoms with Gasteiger partial charge in [0.1, 0.15) is 0 Å². The maximum Gasteiger partial charge on any atom is 0.253 e. The molecule has 1 N–H and O–H groups in total. The van der Waals surface area contributed by atoms with Gasteiger partial charge in [-0.1, -0.05) is 34.8 Å². The quantitative estimate of drug-likeness (QED) is 0.927. The van der Waals surface area contributed by atoms with E-state index >= 15 is 0 Å². The van der Waals surface area contributed by atoms with Crippen LogP contribution in [0, 0.1) is 6.92 Å². The predicted octanol–water partition coefficient (Wildman–Crippen LogP) is 3.13. The molecule has 1 aliphatic carbocycles. The van der Waals surface area contributed by atoms with Crippen molar-refractivity contribution in [3.8, 4) is 0 Å². The molecule has 0 atom stereocenters. The number of halogens is 1. The average Bonchev–Trinajstić information content (AvgIpc) is 2.78. The molecule has 0 spiro atoms. The van der Waals surface area contributed by atoms with Crippen molar-refractivity contribution in [3.05, 3.63) is 33.8 Å². The third-order valence-corrected chi connectivity index (χ3v) is 4.69. The topological polar surface area (TPSA) is 40.5 Å². The highest BCUT2D eigenvalue weighted by Crippen LogP contribution is 2.30. The Morgan fingerprint density at radius 1 is 1.42 bits per heavy atom. The van der Waals surface area contributed by atoms with E-state index in [1.165, 1.54) is 0 Å². The summed E-state index contributed by atoms with van der Waals surface area (Å²) in [5.41, 5.74) is 1.07. The highest BCUT2D eigenvalue weighted by Gasteiger charge is 2.33. The molecule has 0 radical (unpaired) electrons. The summed E-state index contributed by atoms with van der Waals surface area (Å²) in [6.07, 6.45) is 3.69. The van der Waals surface area contributed by atoms with Gasteiger partial charge in [-0.05, 0) is 37.5 Å². The van der Waals surface area contributed by atoms with Crippen LogP contribution in [0.15, 0.2) is 22.7 Å². The minimum absolute atomic E-state index is 0.0407. The molecule has 1 fully saturated rings. The first kappa shape index (κ1) is 14.5. The van der Waals surface area contributed by atoms with Gasteiger partial charge in [-0.15, -0.1) is 0 Å². The van der Waals surface area contributed by atoms with Gasteiger partial charge in [0.05, 0.1) is 5.60 Å². The van der Waals surface area contributed by atoms with Crippen molar-refractivity contribution in [2.45, 2.75) is 38.2 Å². The number of nitrogens with zero attached hydrogens (tertiary/aromatic N) is 1. The molecule has 2 rings (SSSR count). The predicted molar refractivity (Wildman–Crippen MR) is 79.3 cm³/mol. The van der Waals surface area contributed by atoms with Crippen LogP contribution >= 0.6 is 15.9 Å². The lowest BCUT2D eigenvalue weighted by Gasteiger charge is -2.28. The fourth-order valence-electron chi connectivity index (χ4n) is 2.65. The lowest BCUT2D eigenvalue weighted by Crippen LogP contribution is -2.42. The third kappa shape index (κ3) is 3.37. The molecular formula is C15H20BrNO2. The summed E-state index contributed by atoms with van der Waals surface area (Å²) < 4.78 is 0.936. The number of aliphatic hydroxyl groups is 1. The van der Waals surface area contributed by atoms with Crippen molar-refractivity contribution in [2.75, 3.05) is 13.6 Å². The van der Waals surface area contributed by atoms with E-state index in [4.69, 9.17) is 0 Å². The van der Waals surface area contributed by atoms with Crippen molar-refractivity contribution in [3.63, 3.8) is 0 Å². The number of carbonyl (C=O) groups excluding carboxylic acids is 1. The van der Waals surface area contributed by atoms with Crippen LogP contribution in [0.3, 0.4) is 0 Å². The fourth-order valence-corrected chi connectivity index (χ4v) is 3.03. The normalized spacial score (nSPS) is 17.5. The zero-order chi connectivity index (χ0) is 14.0. The van der Waals surface area contributed by atoms with E-state index in [2.05, 4.69) is 15.9 Å². The Morgan fingerprint density at radius 3 is 2.63 bits per heavy atom. The number of likely N-dealkylation sites (N-methyl/N-ethyl adjacent to an activating group) is 1. The second kappa shape index (κ2) is 5.63. The van der Waals surface area contributed by atoms with Crippen molar-refractivity contribution in [1.82, 2.24) is 4.90 Å². The van der Waals surface area contributed by atoms with E-state index in [9.17, 15) is 9.90 Å². The molecule has 1 aliphatic rings. The Bertz CT molecular complexity index is 481. The third-order valence-electron chi connectivity index (χ3n) is 3.83. The Kier molecular flexibility index (Phi) is 4.31. The average molecular weight is 326 g/mol. The van der Waals surface area contributed by atoms with Gasteiger partial charge in [0.15, 0.2) is 0 Å². The van der Waals surface area contributed by atoms with Gasteiger partial charge < -0.3 is 10.0 Å². The van der Waals surface area contributed by atoms with Crippen LogP contribution in [-0.4, -0.2) is 35.1 Å². The fraction of sp³-hybridized carbons (Fsp3) is 0.533. The summed E-state index contributed by atoms with van der Waals surface area (Å²) in [4.78, 5) is 14.0. The molecule has 1 aromatic carbocycles. The Hall–Kier alpha value is -0.870. The highest BCUT2D eigenvalue weighted by atomic mass is 79.9. The van der Waals surface area contributed by atoms with E-state index in [-0.39, 0.29) is 5.91 Å². The van der Waals surface area contributed by atoms with Gasteiger partial charge in [-0.3, -0.25) is 4.79 Å². The van der Waals surface area contributed by atoms with Crippen LogP contribution in [0.2, 0.25) is 0 Å². The first-order valence-electron chi connectivity index (χ1n) is 6.65. The van der Waals surface area contributed by atoms with E-state index in [1.807, 2.05) is 25.1 Å². The Morgan fingerprint density at radius 2 is 2.05 bits per heavy atom. The maximum atomic E-state index is 12.3. The highest BCUT2D eigenvalue weighted by molar-refractivity contribution is 9.10. The largest absolute Gasteiger partial charge is 0.388 e. The molecule has 0 aromatic heterocycles. The number of benzene rings is 1.